The predicted molar refractivity (Wildman–Crippen MR) is 98.0 cm³/mol. The fourth-order valence-electron chi connectivity index (χ4n) is 1.27. The van der Waals surface area contributed by atoms with Gasteiger partial charge in [0, 0.05) is 35.5 Å². The Balaban J connectivity index is 4.60. The molecule has 3 nitrogen and oxygen atoms in total. The summed E-state index contributed by atoms with van der Waals surface area (Å²) in [5.41, 5.74) is 0. The molecule has 0 aromatic carbocycles. The zero-order valence-electron chi connectivity index (χ0n) is 14.2. The normalized spacial score (nSPS) is 6.88. The van der Waals surface area contributed by atoms with E-state index in [4.69, 9.17) is 10.2 Å². The summed E-state index contributed by atoms with van der Waals surface area (Å²) in [6.45, 7) is 2.51. The Morgan fingerprint density at radius 3 is 1.20 bits per heavy atom. The van der Waals surface area contributed by atoms with Gasteiger partial charge in [-0.25, -0.2) is 4.48 Å². The number of aliphatic hydroxyl groups is 2. The van der Waals surface area contributed by atoms with E-state index in [1.807, 2.05) is 7.05 Å². The van der Waals surface area contributed by atoms with Crippen LogP contribution in [-0.2, 0) is 0 Å². The van der Waals surface area contributed by atoms with Gasteiger partial charge in [-0.3, -0.25) is 0 Å². The monoisotopic (exact) mass is 326 g/mol. The number of hydrogen-bond acceptors (Lipinski definition) is 2. The zero-order valence-corrected chi connectivity index (χ0v) is 14.2. The third kappa shape index (κ3) is 13.7. The van der Waals surface area contributed by atoms with E-state index >= 15 is 0 Å². The van der Waals surface area contributed by atoms with Crippen LogP contribution in [0.3, 0.4) is 0 Å². The standard InChI is InChI=1S/C22H16NO2/c1-3-4-5-6-7-8-9-10-11-12-13-14-15-16-17-18-23(2,19-21-24)20-22-25/h24-25H,19-22H2,1-2H3/q+1. The number of aliphatic hydroxyl groups excluding tert-OH is 2. The Bertz CT molecular complexity index is 937. The highest BCUT2D eigenvalue weighted by Gasteiger charge is 2.17. The van der Waals surface area contributed by atoms with Gasteiger partial charge in [0.25, 0.3) is 0 Å². The second-order valence-corrected chi connectivity index (χ2v) is 4.40. The molecule has 0 aliphatic carbocycles. The van der Waals surface area contributed by atoms with Crippen molar-refractivity contribution in [2.75, 3.05) is 33.4 Å². The first-order valence-electron chi connectivity index (χ1n) is 7.19. The van der Waals surface area contributed by atoms with Crippen LogP contribution in [0.25, 0.3) is 0 Å². The highest BCUT2D eigenvalue weighted by atomic mass is 16.3. The summed E-state index contributed by atoms with van der Waals surface area (Å²) in [5, 5.41) is 18.0. The predicted octanol–water partition coefficient (Wildman–Crippen LogP) is -0.578. The Kier molecular flexibility index (Phi) is 13.0. The van der Waals surface area contributed by atoms with Gasteiger partial charge < -0.3 is 10.2 Å². The maximum atomic E-state index is 8.98. The Labute approximate surface area is 150 Å². The van der Waals surface area contributed by atoms with Crippen LogP contribution in [0, 0.1) is 94.9 Å². The highest BCUT2D eigenvalue weighted by molar-refractivity contribution is 5.45. The summed E-state index contributed by atoms with van der Waals surface area (Å²) in [5.74, 6) is 38.1. The fourth-order valence-corrected chi connectivity index (χ4v) is 1.27. The molecule has 0 spiro atoms. The van der Waals surface area contributed by atoms with Crippen molar-refractivity contribution in [3.63, 3.8) is 0 Å². The number of rotatable bonds is 4. The van der Waals surface area contributed by atoms with Crippen molar-refractivity contribution < 1.29 is 14.7 Å². The summed E-state index contributed by atoms with van der Waals surface area (Å²) >= 11 is 0. The summed E-state index contributed by atoms with van der Waals surface area (Å²) in [6.07, 6.45) is 0. The van der Waals surface area contributed by atoms with Crippen molar-refractivity contribution >= 4 is 0 Å². The third-order valence-electron chi connectivity index (χ3n) is 2.45. The van der Waals surface area contributed by atoms with Gasteiger partial charge in [0.05, 0.1) is 26.2 Å². The van der Waals surface area contributed by atoms with Crippen LogP contribution in [0.5, 0.6) is 0 Å². The maximum Gasteiger partial charge on any atom is 0.151 e. The van der Waals surface area contributed by atoms with Gasteiger partial charge in [-0.15, -0.1) is 0 Å². The minimum atomic E-state index is -0.0151. The fraction of sp³-hybridized carbons (Fsp3) is 0.273. The topological polar surface area (TPSA) is 40.5 Å². The van der Waals surface area contributed by atoms with Gasteiger partial charge in [-0.1, -0.05) is 5.92 Å². The third-order valence-corrected chi connectivity index (χ3v) is 2.45. The molecule has 0 aromatic heterocycles. The lowest BCUT2D eigenvalue weighted by Gasteiger charge is -2.24. The molecular weight excluding hydrogens is 310 g/mol. The molecule has 0 saturated carbocycles. The number of likely N-dealkylation sites (N-methyl/N-ethyl adjacent to an activating group) is 1. The number of hydrogen-bond donors (Lipinski definition) is 2. The van der Waals surface area contributed by atoms with Gasteiger partial charge in [-0.2, -0.15) is 0 Å². The van der Waals surface area contributed by atoms with Gasteiger partial charge in [0.1, 0.15) is 13.1 Å². The molecule has 120 valence electrons. The van der Waals surface area contributed by atoms with Gasteiger partial charge in [0.15, 0.2) is 6.04 Å². The van der Waals surface area contributed by atoms with Crippen molar-refractivity contribution in [1.82, 2.24) is 0 Å². The average Bonchev–Trinajstić information content (AvgIpc) is 2.59. The largest absolute Gasteiger partial charge is 0.390 e. The second-order valence-electron chi connectivity index (χ2n) is 4.40. The van der Waals surface area contributed by atoms with Crippen molar-refractivity contribution in [3.8, 4) is 94.9 Å². The Hall–Kier alpha value is -3.64. The molecule has 0 bridgehead atoms. The van der Waals surface area contributed by atoms with Crippen molar-refractivity contribution in [2.24, 2.45) is 0 Å². The SMILES string of the molecule is CC#CC#CC#CC#CC#CC#CC#CC#C[N+](C)(CCO)CCO. The van der Waals surface area contributed by atoms with Crippen LogP contribution in [0.2, 0.25) is 0 Å². The van der Waals surface area contributed by atoms with Gasteiger partial charge in [-0.05, 0) is 48.4 Å². The number of quaternary nitrogens is 1. The molecule has 0 amide bonds. The van der Waals surface area contributed by atoms with E-state index in [1.165, 1.54) is 0 Å². The molecule has 3 heteroatoms. The molecule has 0 radical (unpaired) electrons. The molecule has 0 unspecified atom stereocenters. The van der Waals surface area contributed by atoms with E-state index in [9.17, 15) is 0 Å². The number of nitrogens with zero attached hydrogens (tertiary/aromatic N) is 1. The summed E-state index contributed by atoms with van der Waals surface area (Å²) in [6, 6.07) is 2.87. The Morgan fingerprint density at radius 2 is 0.880 bits per heavy atom. The highest BCUT2D eigenvalue weighted by Crippen LogP contribution is 1.97. The smallest absolute Gasteiger partial charge is 0.151 e. The molecule has 0 rings (SSSR count). The molecule has 0 aliphatic rings. The summed E-state index contributed by atoms with van der Waals surface area (Å²) in [7, 11) is 1.81. The molecule has 0 aliphatic heterocycles. The minimum Gasteiger partial charge on any atom is -0.390 e. The first-order valence-corrected chi connectivity index (χ1v) is 7.19. The van der Waals surface area contributed by atoms with Crippen LogP contribution in [0.15, 0.2) is 0 Å². The van der Waals surface area contributed by atoms with Crippen molar-refractivity contribution in [1.29, 1.82) is 0 Å². The summed E-state index contributed by atoms with van der Waals surface area (Å²) < 4.78 is 0.223. The van der Waals surface area contributed by atoms with Crippen LogP contribution >= 0.6 is 0 Å². The van der Waals surface area contributed by atoms with Crippen LogP contribution < -0.4 is 0 Å². The quantitative estimate of drug-likeness (QED) is 0.536. The van der Waals surface area contributed by atoms with E-state index in [0.717, 1.165) is 0 Å². The van der Waals surface area contributed by atoms with Gasteiger partial charge in [0.2, 0.25) is 0 Å². The van der Waals surface area contributed by atoms with Crippen molar-refractivity contribution in [3.05, 3.63) is 0 Å². The van der Waals surface area contributed by atoms with Crippen LogP contribution in [-0.4, -0.2) is 48.0 Å². The first kappa shape index (κ1) is 21.4. The van der Waals surface area contributed by atoms with E-state index in [2.05, 4.69) is 94.9 Å². The molecule has 2 N–H and O–H groups in total. The van der Waals surface area contributed by atoms with Crippen molar-refractivity contribution in [2.45, 2.75) is 6.92 Å². The first-order chi connectivity index (χ1) is 12.2. The lowest BCUT2D eigenvalue weighted by molar-refractivity contribution is -0.844. The van der Waals surface area contributed by atoms with E-state index < -0.39 is 0 Å². The molecular formula is C22H16NO2+. The molecule has 0 atom stereocenters. The van der Waals surface area contributed by atoms with Crippen LogP contribution in [0.4, 0.5) is 0 Å². The van der Waals surface area contributed by atoms with Crippen LogP contribution in [0.1, 0.15) is 6.92 Å². The second kappa shape index (κ2) is 15.3. The molecule has 0 aromatic rings. The lowest BCUT2D eigenvalue weighted by atomic mass is 10.4. The van der Waals surface area contributed by atoms with E-state index in [0.29, 0.717) is 13.1 Å². The molecule has 25 heavy (non-hydrogen) atoms. The average molecular weight is 326 g/mol. The zero-order chi connectivity index (χ0) is 18.6. The molecule has 0 heterocycles. The lowest BCUT2D eigenvalue weighted by Crippen LogP contribution is -2.43. The molecule has 0 saturated heterocycles. The minimum absolute atomic E-state index is 0.0151. The van der Waals surface area contributed by atoms with E-state index in [1.54, 1.807) is 6.92 Å². The van der Waals surface area contributed by atoms with Gasteiger partial charge >= 0.3 is 0 Å². The molecule has 0 fully saturated rings. The Morgan fingerprint density at radius 1 is 0.560 bits per heavy atom. The van der Waals surface area contributed by atoms with E-state index in [-0.39, 0.29) is 17.7 Å². The summed E-state index contributed by atoms with van der Waals surface area (Å²) in [4.78, 5) is 0. The maximum absolute atomic E-state index is 8.98.